The third-order valence-electron chi connectivity index (χ3n) is 4.13. The van der Waals surface area contributed by atoms with Gasteiger partial charge in [0.2, 0.25) is 5.91 Å². The number of amides is 1. The van der Waals surface area contributed by atoms with E-state index in [4.69, 9.17) is 41.1 Å². The van der Waals surface area contributed by atoms with Crippen molar-refractivity contribution in [2.45, 2.75) is 25.2 Å². The molecule has 1 aliphatic carbocycles. The number of rotatable bonds is 3. The molecular weight excluding hydrogens is 335 g/mol. The van der Waals surface area contributed by atoms with Gasteiger partial charge in [0.1, 0.15) is 17.2 Å². The maximum atomic E-state index is 11.8. The maximum Gasteiger partial charge on any atom is 0.228 e. The van der Waals surface area contributed by atoms with E-state index in [1.165, 1.54) is 4.68 Å². The van der Waals surface area contributed by atoms with Crippen molar-refractivity contribution in [3.05, 3.63) is 39.0 Å². The fourth-order valence-corrected chi connectivity index (χ4v) is 3.57. The summed E-state index contributed by atoms with van der Waals surface area (Å²) >= 11 is 12.6. The zero-order valence-electron chi connectivity index (χ0n) is 12.4. The van der Waals surface area contributed by atoms with Gasteiger partial charge in [-0.15, -0.1) is 6.42 Å². The van der Waals surface area contributed by atoms with Gasteiger partial charge in [0, 0.05) is 5.56 Å². The lowest BCUT2D eigenvalue weighted by Gasteiger charge is -2.13. The standard InChI is InChI=1S/C16H14Cl2N4O/c1-3-11-12(16(4-5-16)15(20)23)14(19)22(21-11)13-9(17)6-8(2)7-10(13)18/h1,6-7H,4-5,19H2,2H3,(H2,20,23). The summed E-state index contributed by atoms with van der Waals surface area (Å²) in [6, 6.07) is 3.50. The highest BCUT2D eigenvalue weighted by molar-refractivity contribution is 6.37. The first kappa shape index (κ1) is 15.7. The Bertz CT molecular complexity index is 852. The van der Waals surface area contributed by atoms with Crippen molar-refractivity contribution < 1.29 is 4.79 Å². The number of nitrogen functional groups attached to an aromatic ring is 1. The van der Waals surface area contributed by atoms with Crippen LogP contribution in [0.3, 0.4) is 0 Å². The second-order valence-corrected chi connectivity index (χ2v) is 6.50. The smallest absolute Gasteiger partial charge is 0.228 e. The van der Waals surface area contributed by atoms with Gasteiger partial charge in [-0.05, 0) is 43.4 Å². The summed E-state index contributed by atoms with van der Waals surface area (Å²) in [7, 11) is 0. The molecule has 1 aliphatic rings. The SMILES string of the molecule is C#Cc1nn(-c2c(Cl)cc(C)cc2Cl)c(N)c1C1(C(N)=O)CC1. The van der Waals surface area contributed by atoms with Crippen LogP contribution in [0.15, 0.2) is 12.1 Å². The first-order chi connectivity index (χ1) is 10.8. The molecule has 0 unspecified atom stereocenters. The van der Waals surface area contributed by atoms with Gasteiger partial charge in [-0.1, -0.05) is 23.2 Å². The molecule has 7 heteroatoms. The van der Waals surface area contributed by atoms with E-state index in [1.54, 1.807) is 12.1 Å². The molecule has 118 valence electrons. The number of nitrogens with two attached hydrogens (primary N) is 2. The van der Waals surface area contributed by atoms with Crippen molar-refractivity contribution >= 4 is 34.9 Å². The minimum Gasteiger partial charge on any atom is -0.383 e. The first-order valence-electron chi connectivity index (χ1n) is 6.93. The number of benzene rings is 1. The molecule has 0 saturated heterocycles. The minimum atomic E-state index is -0.840. The average molecular weight is 349 g/mol. The second-order valence-electron chi connectivity index (χ2n) is 5.69. The Morgan fingerprint density at radius 2 is 1.96 bits per heavy atom. The lowest BCUT2D eigenvalue weighted by Crippen LogP contribution is -2.29. The molecule has 1 amide bonds. The highest BCUT2D eigenvalue weighted by atomic mass is 35.5. The number of aromatic nitrogens is 2. The number of terminal acetylenes is 1. The topological polar surface area (TPSA) is 86.9 Å². The summed E-state index contributed by atoms with van der Waals surface area (Å²) in [5.74, 6) is 2.25. The van der Waals surface area contributed by atoms with E-state index in [1.807, 2.05) is 6.92 Å². The molecule has 1 fully saturated rings. The van der Waals surface area contributed by atoms with Crippen LogP contribution in [0.5, 0.6) is 0 Å². The summed E-state index contributed by atoms with van der Waals surface area (Å²) in [4.78, 5) is 11.8. The summed E-state index contributed by atoms with van der Waals surface area (Å²) < 4.78 is 1.39. The van der Waals surface area contributed by atoms with E-state index in [-0.39, 0.29) is 11.5 Å². The number of aryl methyl sites for hydroxylation is 1. The number of carbonyl (C=O) groups excluding carboxylic acids is 1. The Morgan fingerprint density at radius 3 is 2.39 bits per heavy atom. The summed E-state index contributed by atoms with van der Waals surface area (Å²) in [6.07, 6.45) is 6.74. The zero-order valence-corrected chi connectivity index (χ0v) is 13.9. The first-order valence-corrected chi connectivity index (χ1v) is 7.69. The van der Waals surface area contributed by atoms with Crippen LogP contribution in [-0.2, 0) is 10.2 Å². The molecule has 23 heavy (non-hydrogen) atoms. The van der Waals surface area contributed by atoms with Crippen LogP contribution < -0.4 is 11.5 Å². The summed E-state index contributed by atoms with van der Waals surface area (Å²) in [6.45, 7) is 1.87. The molecule has 0 bridgehead atoms. The van der Waals surface area contributed by atoms with Crippen molar-refractivity contribution in [1.29, 1.82) is 0 Å². The number of anilines is 1. The van der Waals surface area contributed by atoms with Crippen molar-refractivity contribution in [2.75, 3.05) is 5.73 Å². The fourth-order valence-electron chi connectivity index (χ4n) is 2.81. The van der Waals surface area contributed by atoms with Crippen LogP contribution in [0.4, 0.5) is 5.82 Å². The summed E-state index contributed by atoms with van der Waals surface area (Å²) in [5.41, 5.74) is 13.0. The molecule has 1 aromatic heterocycles. The minimum absolute atomic E-state index is 0.238. The van der Waals surface area contributed by atoms with Crippen LogP contribution in [-0.4, -0.2) is 15.7 Å². The highest BCUT2D eigenvalue weighted by Gasteiger charge is 2.54. The molecule has 3 rings (SSSR count). The number of halogens is 2. The number of hydrogen-bond donors (Lipinski definition) is 2. The Kier molecular flexibility index (Phi) is 3.55. The molecule has 0 radical (unpaired) electrons. The van der Waals surface area contributed by atoms with Crippen LogP contribution in [0.25, 0.3) is 5.69 Å². The summed E-state index contributed by atoms with van der Waals surface area (Å²) in [5, 5.41) is 5.10. The van der Waals surface area contributed by atoms with Gasteiger partial charge in [0.05, 0.1) is 15.5 Å². The van der Waals surface area contributed by atoms with Gasteiger partial charge in [-0.2, -0.15) is 5.10 Å². The van der Waals surface area contributed by atoms with Crippen molar-refractivity contribution in [2.24, 2.45) is 5.73 Å². The molecule has 1 saturated carbocycles. The molecule has 0 aliphatic heterocycles. The van der Waals surface area contributed by atoms with Gasteiger partial charge in [0.25, 0.3) is 0 Å². The third-order valence-corrected chi connectivity index (χ3v) is 4.71. The third kappa shape index (κ3) is 2.26. The van der Waals surface area contributed by atoms with E-state index >= 15 is 0 Å². The van der Waals surface area contributed by atoms with Crippen LogP contribution in [0, 0.1) is 19.3 Å². The molecular formula is C16H14Cl2N4O. The molecule has 1 heterocycles. The van der Waals surface area contributed by atoms with Crippen molar-refractivity contribution in [3.8, 4) is 18.0 Å². The predicted octanol–water partition coefficient (Wildman–Crippen LogP) is 2.57. The molecule has 1 aromatic carbocycles. The van der Waals surface area contributed by atoms with Crippen LogP contribution in [0.1, 0.15) is 29.7 Å². The number of primary amides is 1. The maximum absolute atomic E-state index is 11.8. The van der Waals surface area contributed by atoms with Crippen molar-refractivity contribution in [1.82, 2.24) is 9.78 Å². The van der Waals surface area contributed by atoms with Crippen LogP contribution >= 0.6 is 23.2 Å². The van der Waals surface area contributed by atoms with Crippen LogP contribution in [0.2, 0.25) is 10.0 Å². The van der Waals surface area contributed by atoms with Crippen molar-refractivity contribution in [3.63, 3.8) is 0 Å². The van der Waals surface area contributed by atoms with Gasteiger partial charge >= 0.3 is 0 Å². The Morgan fingerprint density at radius 1 is 1.39 bits per heavy atom. The number of hydrogen-bond acceptors (Lipinski definition) is 3. The molecule has 5 nitrogen and oxygen atoms in total. The molecule has 0 spiro atoms. The number of carbonyl (C=O) groups is 1. The van der Waals surface area contributed by atoms with E-state index in [2.05, 4.69) is 11.0 Å². The van der Waals surface area contributed by atoms with Gasteiger partial charge in [-0.3, -0.25) is 4.79 Å². The predicted molar refractivity (Wildman–Crippen MR) is 90.8 cm³/mol. The second kappa shape index (κ2) is 5.19. The van der Waals surface area contributed by atoms with Gasteiger partial charge in [-0.25, -0.2) is 4.68 Å². The lowest BCUT2D eigenvalue weighted by atomic mass is 9.95. The van der Waals surface area contributed by atoms with E-state index in [0.717, 1.165) is 5.56 Å². The van der Waals surface area contributed by atoms with E-state index < -0.39 is 11.3 Å². The quantitative estimate of drug-likeness (QED) is 0.835. The Balaban J connectivity index is 2.27. The number of nitrogens with zero attached hydrogens (tertiary/aromatic N) is 2. The lowest BCUT2D eigenvalue weighted by molar-refractivity contribution is -0.120. The van der Waals surface area contributed by atoms with E-state index in [0.29, 0.717) is 34.1 Å². The average Bonchev–Trinajstić information content (AvgIpc) is 3.19. The van der Waals surface area contributed by atoms with Gasteiger partial charge < -0.3 is 11.5 Å². The molecule has 0 atom stereocenters. The molecule has 4 N–H and O–H groups in total. The Labute approximate surface area is 143 Å². The highest BCUT2D eigenvalue weighted by Crippen LogP contribution is 2.51. The normalized spacial score (nSPS) is 15.2. The molecule has 2 aromatic rings. The monoisotopic (exact) mass is 348 g/mol. The fraction of sp³-hybridized carbons (Fsp3) is 0.250. The van der Waals surface area contributed by atoms with Gasteiger partial charge in [0.15, 0.2) is 0 Å². The largest absolute Gasteiger partial charge is 0.383 e. The zero-order chi connectivity index (χ0) is 16.9. The Hall–Kier alpha value is -2.16. The van der Waals surface area contributed by atoms with E-state index in [9.17, 15) is 4.79 Å².